The maximum Gasteiger partial charge on any atom is 0.328 e. The molecule has 1 heterocycles. The van der Waals surface area contributed by atoms with Crippen LogP contribution < -0.4 is 5.32 Å². The molecule has 1 atom stereocenters. The van der Waals surface area contributed by atoms with Gasteiger partial charge in [0.15, 0.2) is 0 Å². The number of esters is 1. The Morgan fingerprint density at radius 1 is 1.25 bits per heavy atom. The minimum absolute atomic E-state index is 0.0629. The number of nitro benzene ring substituents is 1. The number of nitro groups is 1. The number of rotatable bonds is 6. The van der Waals surface area contributed by atoms with Crippen molar-refractivity contribution in [3.63, 3.8) is 0 Å². The summed E-state index contributed by atoms with van der Waals surface area (Å²) in [6, 6.07) is 2.86. The van der Waals surface area contributed by atoms with Crippen molar-refractivity contribution >= 4 is 27.4 Å². The highest BCUT2D eigenvalue weighted by molar-refractivity contribution is 7.89. The van der Waals surface area contributed by atoms with E-state index >= 15 is 0 Å². The summed E-state index contributed by atoms with van der Waals surface area (Å²) in [5, 5.41) is 14.4. The normalized spacial score (nSPS) is 17.0. The maximum absolute atomic E-state index is 12.8. The van der Waals surface area contributed by atoms with Crippen molar-refractivity contribution in [2.45, 2.75) is 51.0 Å². The van der Waals surface area contributed by atoms with Crippen LogP contribution in [0, 0.1) is 15.5 Å². The smallest absolute Gasteiger partial charge is 0.328 e. The molecule has 0 bridgehead atoms. The molecule has 1 aromatic rings. The third kappa shape index (κ3) is 4.79. The molecule has 0 amide bonds. The van der Waals surface area contributed by atoms with E-state index in [9.17, 15) is 23.3 Å². The molecule has 0 aliphatic carbocycles. The number of carbonyl (C=O) groups excluding carboxylic acids is 1. The van der Waals surface area contributed by atoms with Gasteiger partial charge in [-0.15, -0.1) is 0 Å². The van der Waals surface area contributed by atoms with Gasteiger partial charge >= 0.3 is 5.97 Å². The van der Waals surface area contributed by atoms with E-state index in [1.807, 2.05) is 0 Å². The van der Waals surface area contributed by atoms with Crippen LogP contribution in [0.15, 0.2) is 23.1 Å². The Bertz CT molecular complexity index is 841. The third-order valence-corrected chi connectivity index (χ3v) is 6.62. The predicted octanol–water partition coefficient (Wildman–Crippen LogP) is 2.77. The zero-order valence-corrected chi connectivity index (χ0v) is 17.4. The lowest BCUT2D eigenvalue weighted by atomic mass is 9.86. The largest absolute Gasteiger partial charge is 0.467 e. The van der Waals surface area contributed by atoms with Crippen molar-refractivity contribution in [1.82, 2.24) is 4.31 Å². The van der Waals surface area contributed by atoms with Crippen molar-refractivity contribution in [2.75, 3.05) is 25.5 Å². The number of methoxy groups -OCH3 is 1. The lowest BCUT2D eigenvalue weighted by Crippen LogP contribution is -2.42. The van der Waals surface area contributed by atoms with Crippen LogP contribution in [0.1, 0.15) is 40.0 Å². The minimum Gasteiger partial charge on any atom is -0.467 e. The Morgan fingerprint density at radius 2 is 1.86 bits per heavy atom. The van der Waals surface area contributed by atoms with Gasteiger partial charge in [-0.2, -0.15) is 4.31 Å². The summed E-state index contributed by atoms with van der Waals surface area (Å²) in [4.78, 5) is 22.9. The van der Waals surface area contributed by atoms with E-state index in [0.717, 1.165) is 25.3 Å². The van der Waals surface area contributed by atoms with Crippen molar-refractivity contribution in [3.05, 3.63) is 28.3 Å². The summed E-state index contributed by atoms with van der Waals surface area (Å²) in [6.07, 6.45) is 2.51. The molecule has 1 saturated heterocycles. The lowest BCUT2D eigenvalue weighted by molar-refractivity contribution is -0.384. The molecule has 0 radical (unpaired) electrons. The van der Waals surface area contributed by atoms with E-state index in [4.69, 9.17) is 4.74 Å². The SMILES string of the molecule is COC(=O)[C@@H](Nc1ccc(S(=O)(=O)N2CCCCC2)cc1[N+](=O)[O-])C(C)(C)C. The van der Waals surface area contributed by atoms with Crippen LogP contribution in [0.2, 0.25) is 0 Å². The fourth-order valence-electron chi connectivity index (χ4n) is 3.10. The molecule has 1 aromatic carbocycles. The molecule has 10 heteroatoms. The number of nitrogens with one attached hydrogen (secondary N) is 1. The molecule has 0 aromatic heterocycles. The monoisotopic (exact) mass is 413 g/mol. The second kappa shape index (κ2) is 8.44. The molecular formula is C18H27N3O6S. The highest BCUT2D eigenvalue weighted by Crippen LogP contribution is 2.33. The number of hydrogen-bond acceptors (Lipinski definition) is 7. The van der Waals surface area contributed by atoms with Gasteiger partial charge < -0.3 is 10.1 Å². The van der Waals surface area contributed by atoms with Crippen LogP contribution >= 0.6 is 0 Å². The maximum atomic E-state index is 12.8. The van der Waals surface area contributed by atoms with Gasteiger partial charge in [-0.25, -0.2) is 13.2 Å². The van der Waals surface area contributed by atoms with Gasteiger partial charge in [0, 0.05) is 19.2 Å². The van der Waals surface area contributed by atoms with E-state index in [1.54, 1.807) is 20.8 Å². The molecule has 1 fully saturated rings. The van der Waals surface area contributed by atoms with Crippen LogP contribution in [0.5, 0.6) is 0 Å². The second-order valence-corrected chi connectivity index (χ2v) is 9.81. The second-order valence-electron chi connectivity index (χ2n) is 7.87. The quantitative estimate of drug-likeness (QED) is 0.433. The predicted molar refractivity (Wildman–Crippen MR) is 105 cm³/mol. The molecule has 156 valence electrons. The van der Waals surface area contributed by atoms with Crippen molar-refractivity contribution in [2.24, 2.45) is 5.41 Å². The molecule has 0 unspecified atom stereocenters. The van der Waals surface area contributed by atoms with Crippen LogP contribution in [0.4, 0.5) is 11.4 Å². The lowest BCUT2D eigenvalue weighted by Gasteiger charge is -2.30. The van der Waals surface area contributed by atoms with E-state index in [2.05, 4.69) is 5.32 Å². The van der Waals surface area contributed by atoms with E-state index < -0.39 is 38.1 Å². The number of ether oxygens (including phenoxy) is 1. The number of hydrogen-bond donors (Lipinski definition) is 1. The zero-order chi connectivity index (χ0) is 21.1. The third-order valence-electron chi connectivity index (χ3n) is 4.72. The first-order valence-electron chi connectivity index (χ1n) is 9.11. The number of anilines is 1. The first-order chi connectivity index (χ1) is 13.0. The van der Waals surface area contributed by atoms with Crippen molar-refractivity contribution in [3.8, 4) is 0 Å². The molecule has 9 nitrogen and oxygen atoms in total. The molecule has 28 heavy (non-hydrogen) atoms. The highest BCUT2D eigenvalue weighted by Gasteiger charge is 2.35. The standard InChI is InChI=1S/C18H27N3O6S/c1-18(2,3)16(17(22)27-4)19-14-9-8-13(12-15(14)21(23)24)28(25,26)20-10-6-5-7-11-20/h8-9,12,16,19H,5-7,10-11H2,1-4H3/t16-/m1/s1. The van der Waals surface area contributed by atoms with Gasteiger partial charge in [0.25, 0.3) is 5.69 Å². The number of nitrogens with zero attached hydrogens (tertiary/aromatic N) is 2. The van der Waals surface area contributed by atoms with Crippen LogP contribution in [-0.2, 0) is 19.6 Å². The fourth-order valence-corrected chi connectivity index (χ4v) is 4.64. The summed E-state index contributed by atoms with van der Waals surface area (Å²) in [6.45, 7) is 6.20. The van der Waals surface area contributed by atoms with E-state index in [1.165, 1.54) is 23.5 Å². The summed E-state index contributed by atoms with van der Waals surface area (Å²) in [7, 11) is -2.56. The minimum atomic E-state index is -3.80. The summed E-state index contributed by atoms with van der Waals surface area (Å²) in [5.74, 6) is -0.563. The van der Waals surface area contributed by atoms with Gasteiger partial charge in [-0.1, -0.05) is 27.2 Å². The zero-order valence-electron chi connectivity index (χ0n) is 16.6. The molecule has 1 N–H and O–H groups in total. The Kier molecular flexibility index (Phi) is 6.66. The summed E-state index contributed by atoms with van der Waals surface area (Å²) >= 11 is 0. The van der Waals surface area contributed by atoms with Gasteiger partial charge in [0.05, 0.1) is 16.9 Å². The summed E-state index contributed by atoms with van der Waals surface area (Å²) in [5.41, 5.74) is -0.927. The van der Waals surface area contributed by atoms with E-state index in [-0.39, 0.29) is 10.6 Å². The van der Waals surface area contributed by atoms with Gasteiger partial charge in [0.2, 0.25) is 10.0 Å². The molecule has 1 aliphatic heterocycles. The summed E-state index contributed by atoms with van der Waals surface area (Å²) < 4.78 is 31.8. The Labute approximate surface area is 165 Å². The average Bonchev–Trinajstić information content (AvgIpc) is 2.65. The van der Waals surface area contributed by atoms with Crippen LogP contribution in [0.25, 0.3) is 0 Å². The number of sulfonamides is 1. The Balaban J connectivity index is 2.42. The van der Waals surface area contributed by atoms with Crippen LogP contribution in [-0.4, -0.2) is 49.9 Å². The Morgan fingerprint density at radius 3 is 2.36 bits per heavy atom. The van der Waals surface area contributed by atoms with Gasteiger partial charge in [0.1, 0.15) is 11.7 Å². The average molecular weight is 413 g/mol. The number of piperidine rings is 1. The van der Waals surface area contributed by atoms with Crippen LogP contribution in [0.3, 0.4) is 0 Å². The van der Waals surface area contributed by atoms with E-state index in [0.29, 0.717) is 13.1 Å². The van der Waals surface area contributed by atoms with Gasteiger partial charge in [-0.05, 0) is 30.4 Å². The Hall–Kier alpha value is -2.20. The number of carbonyl (C=O) groups is 1. The highest BCUT2D eigenvalue weighted by atomic mass is 32.2. The number of benzene rings is 1. The first kappa shape index (κ1) is 22.1. The molecule has 2 rings (SSSR count). The topological polar surface area (TPSA) is 119 Å². The van der Waals surface area contributed by atoms with Gasteiger partial charge in [-0.3, -0.25) is 10.1 Å². The molecule has 0 saturated carbocycles. The fraction of sp³-hybridized carbons (Fsp3) is 0.611. The molecule has 1 aliphatic rings. The molecular weight excluding hydrogens is 386 g/mol. The van der Waals surface area contributed by atoms with Crippen molar-refractivity contribution < 1.29 is 22.9 Å². The first-order valence-corrected chi connectivity index (χ1v) is 10.6. The van der Waals surface area contributed by atoms with Crippen molar-refractivity contribution in [1.29, 1.82) is 0 Å². The molecule has 0 spiro atoms.